The minimum Gasteiger partial charge on any atom is -0.309 e. The van der Waals surface area contributed by atoms with Crippen LogP contribution in [0.15, 0.2) is 206 Å². The van der Waals surface area contributed by atoms with Crippen molar-refractivity contribution in [3.05, 3.63) is 218 Å². The van der Waals surface area contributed by atoms with Gasteiger partial charge in [-0.1, -0.05) is 164 Å². The molecular formula is C56H37N3. The van der Waals surface area contributed by atoms with Crippen molar-refractivity contribution in [3.63, 3.8) is 0 Å². The van der Waals surface area contributed by atoms with Crippen LogP contribution in [-0.4, -0.2) is 14.5 Å². The number of allylic oxidation sites excluding steroid dienone is 4. The van der Waals surface area contributed by atoms with E-state index in [0.717, 1.165) is 39.5 Å². The Bertz CT molecular complexity index is 3510. The Morgan fingerprint density at radius 3 is 2.00 bits per heavy atom. The van der Waals surface area contributed by atoms with Crippen molar-refractivity contribution in [3.8, 4) is 28.1 Å². The molecule has 0 bridgehead atoms. The van der Waals surface area contributed by atoms with Crippen LogP contribution in [0.3, 0.4) is 0 Å². The number of para-hydroxylation sites is 1. The zero-order chi connectivity index (χ0) is 38.9. The summed E-state index contributed by atoms with van der Waals surface area (Å²) in [5.74, 6) is 0.241. The summed E-state index contributed by atoms with van der Waals surface area (Å²) in [6, 6.07) is 66.0. The van der Waals surface area contributed by atoms with E-state index in [9.17, 15) is 0 Å². The Hall–Kier alpha value is -7.62. The monoisotopic (exact) mass is 751 g/mol. The lowest BCUT2D eigenvalue weighted by Gasteiger charge is -2.19. The standard InChI is InChI=1S/C56H37N3/c1-2-13-42-33-45(28-26-36(42)12-1)59-53-25-8-7-22-48(53)49-29-27-43(34-54(49)59)40-17-10-15-38(31-40)37-14-9-16-39(30-37)41-18-11-19-44(32-41)52-35-57-55-50-23-5-3-20-46(50)47-21-4-6-24-51(47)56(55)58-52/h1-15,17-35,39H,16H2. The molecule has 0 amide bonds. The van der Waals surface area contributed by atoms with Crippen LogP contribution >= 0.6 is 0 Å². The zero-order valence-corrected chi connectivity index (χ0v) is 32.3. The topological polar surface area (TPSA) is 30.7 Å². The normalized spacial score (nSPS) is 14.2. The van der Waals surface area contributed by atoms with Crippen molar-refractivity contribution >= 4 is 70.7 Å². The van der Waals surface area contributed by atoms with E-state index in [2.05, 4.69) is 205 Å². The van der Waals surface area contributed by atoms with Crippen LogP contribution < -0.4 is 0 Å². The molecule has 1 aliphatic rings. The molecule has 12 rings (SSSR count). The molecule has 2 heterocycles. The fraction of sp³-hybridized carbons (Fsp3) is 0.0357. The molecule has 0 spiro atoms. The molecule has 0 radical (unpaired) electrons. The van der Waals surface area contributed by atoms with E-state index in [-0.39, 0.29) is 5.92 Å². The van der Waals surface area contributed by atoms with Gasteiger partial charge in [-0.05, 0) is 92.2 Å². The minimum absolute atomic E-state index is 0.241. The molecule has 0 N–H and O–H groups in total. The second-order valence-electron chi connectivity index (χ2n) is 15.7. The molecule has 3 nitrogen and oxygen atoms in total. The van der Waals surface area contributed by atoms with Gasteiger partial charge in [-0.25, -0.2) is 4.98 Å². The second kappa shape index (κ2) is 13.5. The maximum absolute atomic E-state index is 5.28. The van der Waals surface area contributed by atoms with Gasteiger partial charge < -0.3 is 4.57 Å². The average Bonchev–Trinajstić information content (AvgIpc) is 3.65. The predicted octanol–water partition coefficient (Wildman–Crippen LogP) is 14.6. The third-order valence-electron chi connectivity index (χ3n) is 12.3. The number of hydrogen-bond donors (Lipinski definition) is 0. The highest BCUT2D eigenvalue weighted by Crippen LogP contribution is 2.39. The summed E-state index contributed by atoms with van der Waals surface area (Å²) in [6.45, 7) is 0. The van der Waals surface area contributed by atoms with E-state index in [1.54, 1.807) is 0 Å². The van der Waals surface area contributed by atoms with Gasteiger partial charge in [0, 0.05) is 38.7 Å². The molecule has 276 valence electrons. The highest BCUT2D eigenvalue weighted by Gasteiger charge is 2.18. The molecular weight excluding hydrogens is 715 g/mol. The van der Waals surface area contributed by atoms with Gasteiger partial charge in [0.1, 0.15) is 0 Å². The van der Waals surface area contributed by atoms with Crippen LogP contribution in [0.25, 0.3) is 98.8 Å². The van der Waals surface area contributed by atoms with Gasteiger partial charge in [-0.3, -0.25) is 4.98 Å². The molecule has 0 aliphatic heterocycles. The molecule has 11 aromatic rings. The van der Waals surface area contributed by atoms with Gasteiger partial charge >= 0.3 is 0 Å². The first kappa shape index (κ1) is 33.5. The smallest absolute Gasteiger partial charge is 0.0979 e. The fourth-order valence-corrected chi connectivity index (χ4v) is 9.42. The van der Waals surface area contributed by atoms with Gasteiger partial charge in [-0.2, -0.15) is 0 Å². The average molecular weight is 752 g/mol. The first-order valence-electron chi connectivity index (χ1n) is 20.4. The Labute approximate surface area is 341 Å². The molecule has 59 heavy (non-hydrogen) atoms. The summed E-state index contributed by atoms with van der Waals surface area (Å²) < 4.78 is 2.42. The molecule has 1 unspecified atom stereocenters. The molecule has 1 aliphatic carbocycles. The van der Waals surface area contributed by atoms with Crippen LogP contribution in [0.2, 0.25) is 0 Å². The number of hydrogen-bond acceptors (Lipinski definition) is 2. The summed E-state index contributed by atoms with van der Waals surface area (Å²) in [5.41, 5.74) is 13.6. The first-order chi connectivity index (χ1) is 29.2. The number of nitrogens with zero attached hydrogens (tertiary/aromatic N) is 3. The molecule has 3 heteroatoms. The molecule has 2 aromatic heterocycles. The van der Waals surface area contributed by atoms with Crippen molar-refractivity contribution in [2.45, 2.75) is 12.3 Å². The highest BCUT2D eigenvalue weighted by atomic mass is 15.0. The Morgan fingerprint density at radius 2 is 1.14 bits per heavy atom. The quantitative estimate of drug-likeness (QED) is 0.164. The van der Waals surface area contributed by atoms with E-state index in [4.69, 9.17) is 9.97 Å². The molecule has 0 saturated carbocycles. The molecule has 0 saturated heterocycles. The van der Waals surface area contributed by atoms with Gasteiger partial charge in [0.15, 0.2) is 0 Å². The maximum Gasteiger partial charge on any atom is 0.0979 e. The summed E-state index contributed by atoms with van der Waals surface area (Å²) in [7, 11) is 0. The van der Waals surface area contributed by atoms with Crippen LogP contribution in [0, 0.1) is 0 Å². The van der Waals surface area contributed by atoms with Gasteiger partial charge in [0.05, 0.1) is 34.0 Å². The summed E-state index contributed by atoms with van der Waals surface area (Å²) in [4.78, 5) is 10.3. The zero-order valence-electron chi connectivity index (χ0n) is 32.3. The third kappa shape index (κ3) is 5.58. The van der Waals surface area contributed by atoms with Crippen molar-refractivity contribution in [1.29, 1.82) is 0 Å². The number of rotatable bonds is 5. The van der Waals surface area contributed by atoms with E-state index < -0.39 is 0 Å². The molecule has 0 fully saturated rings. The number of aromatic nitrogens is 3. The lowest BCUT2D eigenvalue weighted by Crippen LogP contribution is -2.00. The number of benzene rings is 9. The van der Waals surface area contributed by atoms with Crippen LogP contribution in [0.5, 0.6) is 0 Å². The van der Waals surface area contributed by atoms with Crippen LogP contribution in [-0.2, 0) is 0 Å². The first-order valence-corrected chi connectivity index (χ1v) is 20.4. The molecule has 1 atom stereocenters. The maximum atomic E-state index is 5.28. The largest absolute Gasteiger partial charge is 0.309 e. The van der Waals surface area contributed by atoms with E-state index in [0.29, 0.717) is 0 Å². The van der Waals surface area contributed by atoms with Crippen molar-refractivity contribution < 1.29 is 0 Å². The van der Waals surface area contributed by atoms with Crippen molar-refractivity contribution in [2.24, 2.45) is 0 Å². The van der Waals surface area contributed by atoms with E-state index in [1.807, 2.05) is 6.20 Å². The second-order valence-corrected chi connectivity index (χ2v) is 15.7. The SMILES string of the molecule is C1=CC(c2cccc(-c3ccc4c5ccccc5n(-c5ccc6ccccc6c5)c4c3)c2)=CC(c2cccc(-c3cnc4c5ccccc5c5ccccc5c4n3)c2)C1. The Balaban J connectivity index is 0.898. The van der Waals surface area contributed by atoms with Gasteiger partial charge in [0.25, 0.3) is 0 Å². The fourth-order valence-electron chi connectivity index (χ4n) is 9.42. The van der Waals surface area contributed by atoms with E-state index in [1.165, 1.54) is 76.9 Å². The summed E-state index contributed by atoms with van der Waals surface area (Å²) in [6.07, 6.45) is 9.92. The lowest BCUT2D eigenvalue weighted by molar-refractivity contribution is 0.857. The van der Waals surface area contributed by atoms with Crippen LogP contribution in [0.1, 0.15) is 23.5 Å². The summed E-state index contributed by atoms with van der Waals surface area (Å²) in [5, 5.41) is 9.68. The van der Waals surface area contributed by atoms with Crippen molar-refractivity contribution in [1.82, 2.24) is 14.5 Å². The Kier molecular flexibility index (Phi) is 7.67. The third-order valence-corrected chi connectivity index (χ3v) is 12.3. The van der Waals surface area contributed by atoms with Crippen molar-refractivity contribution in [2.75, 3.05) is 0 Å². The van der Waals surface area contributed by atoms with E-state index >= 15 is 0 Å². The minimum atomic E-state index is 0.241. The number of fused-ring (bicyclic) bond motifs is 10. The predicted molar refractivity (Wildman–Crippen MR) is 248 cm³/mol. The molecule has 9 aromatic carbocycles. The lowest BCUT2D eigenvalue weighted by atomic mass is 9.86. The van der Waals surface area contributed by atoms with Gasteiger partial charge in [0.2, 0.25) is 0 Å². The van der Waals surface area contributed by atoms with Gasteiger partial charge in [-0.15, -0.1) is 0 Å². The highest BCUT2D eigenvalue weighted by molar-refractivity contribution is 6.23. The summed E-state index contributed by atoms with van der Waals surface area (Å²) >= 11 is 0. The Morgan fingerprint density at radius 1 is 0.458 bits per heavy atom. The van der Waals surface area contributed by atoms with Crippen LogP contribution in [0.4, 0.5) is 0 Å².